The lowest BCUT2D eigenvalue weighted by Gasteiger charge is -2.22. The second kappa shape index (κ2) is 7.10. The summed E-state index contributed by atoms with van der Waals surface area (Å²) in [5.74, 6) is 0.259. The molecule has 118 valence electrons. The highest BCUT2D eigenvalue weighted by molar-refractivity contribution is 6.30. The summed E-state index contributed by atoms with van der Waals surface area (Å²) in [6.45, 7) is 0. The zero-order chi connectivity index (χ0) is 16.2. The predicted molar refractivity (Wildman–Crippen MR) is 91.9 cm³/mol. The fourth-order valence-electron chi connectivity index (χ4n) is 3.41. The summed E-state index contributed by atoms with van der Waals surface area (Å²) in [7, 11) is 0. The van der Waals surface area contributed by atoms with E-state index in [1.165, 1.54) is 0 Å². The maximum absolute atomic E-state index is 12.6. The van der Waals surface area contributed by atoms with Crippen LogP contribution < -0.4 is 0 Å². The van der Waals surface area contributed by atoms with Crippen LogP contribution in [0, 0.1) is 5.92 Å². The van der Waals surface area contributed by atoms with E-state index < -0.39 is 0 Å². The molecule has 0 bridgehead atoms. The van der Waals surface area contributed by atoms with Crippen LogP contribution in [0.25, 0.3) is 0 Å². The van der Waals surface area contributed by atoms with Gasteiger partial charge in [-0.1, -0.05) is 54.1 Å². The summed E-state index contributed by atoms with van der Waals surface area (Å²) in [5, 5.41) is 0.666. The van der Waals surface area contributed by atoms with Crippen molar-refractivity contribution in [2.75, 3.05) is 0 Å². The lowest BCUT2D eigenvalue weighted by molar-refractivity contribution is -0.121. The molecule has 2 aromatic rings. The maximum Gasteiger partial charge on any atom is 0.163 e. The van der Waals surface area contributed by atoms with Crippen molar-refractivity contribution in [2.24, 2.45) is 5.92 Å². The van der Waals surface area contributed by atoms with Gasteiger partial charge in [0, 0.05) is 35.3 Å². The second-order valence-electron chi connectivity index (χ2n) is 6.12. The van der Waals surface area contributed by atoms with Gasteiger partial charge in [-0.3, -0.25) is 9.59 Å². The monoisotopic (exact) mass is 326 g/mol. The Kier molecular flexibility index (Phi) is 4.92. The molecular weight excluding hydrogens is 308 g/mol. The first-order valence-electron chi connectivity index (χ1n) is 8.01. The summed E-state index contributed by atoms with van der Waals surface area (Å²) in [4.78, 5) is 24.9. The highest BCUT2D eigenvalue weighted by atomic mass is 35.5. The molecule has 0 amide bonds. The summed E-state index contributed by atoms with van der Waals surface area (Å²) >= 11 is 5.97. The molecule has 2 aromatic carbocycles. The number of rotatable bonds is 5. The zero-order valence-corrected chi connectivity index (χ0v) is 13.6. The summed E-state index contributed by atoms with van der Waals surface area (Å²) in [5.41, 5.74) is 1.73. The number of ketones is 2. The molecule has 1 saturated carbocycles. The van der Waals surface area contributed by atoms with Gasteiger partial charge in [0.15, 0.2) is 5.78 Å². The molecule has 2 atom stereocenters. The van der Waals surface area contributed by atoms with Crippen molar-refractivity contribution in [3.63, 3.8) is 0 Å². The fourth-order valence-corrected chi connectivity index (χ4v) is 3.54. The smallest absolute Gasteiger partial charge is 0.163 e. The molecule has 0 heterocycles. The Labute approximate surface area is 141 Å². The van der Waals surface area contributed by atoms with Gasteiger partial charge in [-0.15, -0.1) is 0 Å². The van der Waals surface area contributed by atoms with Gasteiger partial charge in [0.25, 0.3) is 0 Å². The van der Waals surface area contributed by atoms with Gasteiger partial charge in [0.05, 0.1) is 0 Å². The Morgan fingerprint density at radius 1 is 1.09 bits per heavy atom. The largest absolute Gasteiger partial charge is 0.299 e. The van der Waals surface area contributed by atoms with Crippen LogP contribution >= 0.6 is 11.6 Å². The molecule has 0 radical (unpaired) electrons. The van der Waals surface area contributed by atoms with E-state index in [0.717, 1.165) is 18.4 Å². The summed E-state index contributed by atoms with van der Waals surface area (Å²) < 4.78 is 0. The van der Waals surface area contributed by atoms with Crippen LogP contribution in [0.15, 0.2) is 54.6 Å². The molecule has 0 saturated heterocycles. The van der Waals surface area contributed by atoms with E-state index in [9.17, 15) is 9.59 Å². The Bertz CT molecular complexity index is 691. The van der Waals surface area contributed by atoms with Crippen molar-refractivity contribution < 1.29 is 9.59 Å². The molecule has 2 nitrogen and oxygen atoms in total. The van der Waals surface area contributed by atoms with Crippen LogP contribution in [0.4, 0.5) is 0 Å². The lowest BCUT2D eigenvalue weighted by Crippen LogP contribution is -2.20. The third-order valence-corrected chi connectivity index (χ3v) is 4.89. The van der Waals surface area contributed by atoms with Crippen molar-refractivity contribution in [1.82, 2.24) is 0 Å². The SMILES string of the molecule is O=C(C[C@@H](c1ccc(Cl)cc1)[C@H]1CCCC1=O)c1ccccc1. The number of hydrogen-bond acceptors (Lipinski definition) is 2. The van der Waals surface area contributed by atoms with Crippen LogP contribution in [-0.4, -0.2) is 11.6 Å². The third kappa shape index (κ3) is 3.70. The number of carbonyl (C=O) groups excluding carboxylic acids is 2. The number of carbonyl (C=O) groups is 2. The average molecular weight is 327 g/mol. The van der Waals surface area contributed by atoms with Gasteiger partial charge in [0.1, 0.15) is 5.78 Å². The number of halogens is 1. The predicted octanol–water partition coefficient (Wildman–Crippen LogP) is 5.07. The van der Waals surface area contributed by atoms with Crippen LogP contribution in [0.1, 0.15) is 47.5 Å². The molecule has 3 rings (SSSR count). The third-order valence-electron chi connectivity index (χ3n) is 4.64. The standard InChI is InChI=1S/C20H19ClO2/c21-16-11-9-14(10-12-16)18(17-7-4-8-19(17)22)13-20(23)15-5-2-1-3-6-15/h1-3,5-6,9-12,17-18H,4,7-8,13H2/t17-,18+/m1/s1. The first-order valence-corrected chi connectivity index (χ1v) is 8.39. The van der Waals surface area contributed by atoms with Gasteiger partial charge in [-0.25, -0.2) is 0 Å². The molecule has 0 unspecified atom stereocenters. The fraction of sp³-hybridized carbons (Fsp3) is 0.300. The van der Waals surface area contributed by atoms with E-state index in [-0.39, 0.29) is 23.4 Å². The molecule has 0 spiro atoms. The number of Topliss-reactive ketones (excluding diaryl/α,β-unsaturated/α-hetero) is 2. The minimum Gasteiger partial charge on any atom is -0.299 e. The first kappa shape index (κ1) is 15.9. The van der Waals surface area contributed by atoms with Crippen molar-refractivity contribution in [2.45, 2.75) is 31.6 Å². The van der Waals surface area contributed by atoms with Crippen molar-refractivity contribution in [3.8, 4) is 0 Å². The Morgan fingerprint density at radius 2 is 1.78 bits per heavy atom. The Morgan fingerprint density at radius 3 is 2.39 bits per heavy atom. The highest BCUT2D eigenvalue weighted by Crippen LogP contribution is 2.38. The average Bonchev–Trinajstić information content (AvgIpc) is 3.00. The topological polar surface area (TPSA) is 34.1 Å². The number of hydrogen-bond donors (Lipinski definition) is 0. The quantitative estimate of drug-likeness (QED) is 0.719. The number of benzene rings is 2. The van der Waals surface area contributed by atoms with E-state index in [1.54, 1.807) is 0 Å². The zero-order valence-electron chi connectivity index (χ0n) is 12.9. The van der Waals surface area contributed by atoms with Crippen molar-refractivity contribution in [1.29, 1.82) is 0 Å². The molecular formula is C20H19ClO2. The van der Waals surface area contributed by atoms with E-state index in [4.69, 9.17) is 11.6 Å². The van der Waals surface area contributed by atoms with Gasteiger partial charge >= 0.3 is 0 Å². The van der Waals surface area contributed by atoms with Crippen LogP contribution in [0.3, 0.4) is 0 Å². The minimum atomic E-state index is -0.0602. The van der Waals surface area contributed by atoms with E-state index >= 15 is 0 Å². The van der Waals surface area contributed by atoms with Gasteiger partial charge < -0.3 is 0 Å². The molecule has 23 heavy (non-hydrogen) atoms. The summed E-state index contributed by atoms with van der Waals surface area (Å²) in [6, 6.07) is 16.8. The first-order chi connectivity index (χ1) is 11.1. The molecule has 1 fully saturated rings. The molecule has 1 aliphatic carbocycles. The minimum absolute atomic E-state index is 0.0520. The summed E-state index contributed by atoms with van der Waals surface area (Å²) in [6.07, 6.45) is 2.79. The van der Waals surface area contributed by atoms with E-state index in [1.807, 2.05) is 54.6 Å². The van der Waals surface area contributed by atoms with Crippen LogP contribution in [-0.2, 0) is 4.79 Å². The van der Waals surface area contributed by atoms with Gasteiger partial charge in [0.2, 0.25) is 0 Å². The molecule has 0 aliphatic heterocycles. The second-order valence-corrected chi connectivity index (χ2v) is 6.55. The van der Waals surface area contributed by atoms with Crippen molar-refractivity contribution in [3.05, 3.63) is 70.7 Å². The molecule has 3 heteroatoms. The Balaban J connectivity index is 1.87. The molecule has 1 aliphatic rings. The Hall–Kier alpha value is -1.93. The van der Waals surface area contributed by atoms with Gasteiger partial charge in [-0.05, 0) is 30.5 Å². The maximum atomic E-state index is 12.6. The molecule has 0 aromatic heterocycles. The van der Waals surface area contributed by atoms with E-state index in [2.05, 4.69) is 0 Å². The lowest BCUT2D eigenvalue weighted by atomic mass is 9.80. The van der Waals surface area contributed by atoms with Crippen LogP contribution in [0.5, 0.6) is 0 Å². The highest BCUT2D eigenvalue weighted by Gasteiger charge is 2.34. The normalized spacial score (nSPS) is 18.8. The van der Waals surface area contributed by atoms with Gasteiger partial charge in [-0.2, -0.15) is 0 Å². The van der Waals surface area contributed by atoms with Crippen LogP contribution in [0.2, 0.25) is 5.02 Å². The molecule has 0 N–H and O–H groups in total. The van der Waals surface area contributed by atoms with E-state index in [0.29, 0.717) is 23.4 Å². The van der Waals surface area contributed by atoms with Crippen molar-refractivity contribution >= 4 is 23.2 Å².